The van der Waals surface area contributed by atoms with E-state index < -0.39 is 21.8 Å². The normalized spacial score (nSPS) is 19.7. The quantitative estimate of drug-likeness (QED) is 0.858. The number of nitrogens with one attached hydrogen (secondary N) is 2. The molecule has 1 aliphatic rings. The van der Waals surface area contributed by atoms with Crippen LogP contribution >= 0.6 is 0 Å². The third kappa shape index (κ3) is 4.92. The maximum atomic E-state index is 12.8. The van der Waals surface area contributed by atoms with Crippen LogP contribution in [0.3, 0.4) is 0 Å². The number of piperidine rings is 1. The van der Waals surface area contributed by atoms with E-state index in [1.165, 1.54) is 13.0 Å². The Bertz CT molecular complexity index is 639. The average Bonchev–Trinajstić information content (AvgIpc) is 2.47. The summed E-state index contributed by atoms with van der Waals surface area (Å²) < 4.78 is 65.3. The summed E-state index contributed by atoms with van der Waals surface area (Å²) in [7, 11) is -3.94. The van der Waals surface area contributed by atoms with Gasteiger partial charge in [0, 0.05) is 6.54 Å². The Balaban J connectivity index is 2.06. The van der Waals surface area contributed by atoms with Crippen LogP contribution in [0.25, 0.3) is 0 Å². The largest absolute Gasteiger partial charge is 0.416 e. The van der Waals surface area contributed by atoms with Crippen molar-refractivity contribution in [3.05, 3.63) is 29.3 Å². The minimum Gasteiger partial charge on any atom is -0.316 e. The van der Waals surface area contributed by atoms with Gasteiger partial charge in [-0.2, -0.15) is 13.2 Å². The SMILES string of the molecule is Cc1ccc(C(F)(F)F)cc1S(=O)(=O)NCCC1CCCNC1. The van der Waals surface area contributed by atoms with E-state index in [9.17, 15) is 21.6 Å². The van der Waals surface area contributed by atoms with Crippen molar-refractivity contribution in [2.24, 2.45) is 5.92 Å². The lowest BCUT2D eigenvalue weighted by atomic mass is 9.96. The van der Waals surface area contributed by atoms with Gasteiger partial charge in [-0.15, -0.1) is 0 Å². The van der Waals surface area contributed by atoms with Crippen molar-refractivity contribution in [2.75, 3.05) is 19.6 Å². The number of rotatable bonds is 5. The monoisotopic (exact) mass is 350 g/mol. The number of halogens is 3. The predicted molar refractivity (Wildman–Crippen MR) is 81.6 cm³/mol. The van der Waals surface area contributed by atoms with Crippen molar-refractivity contribution >= 4 is 10.0 Å². The second-order valence-corrected chi connectivity index (χ2v) is 7.61. The van der Waals surface area contributed by atoms with Gasteiger partial charge in [-0.25, -0.2) is 13.1 Å². The first-order valence-corrected chi connectivity index (χ1v) is 9.07. The Morgan fingerprint density at radius 1 is 1.35 bits per heavy atom. The van der Waals surface area contributed by atoms with E-state index in [1.54, 1.807) is 0 Å². The summed E-state index contributed by atoms with van der Waals surface area (Å²) in [6, 6.07) is 2.77. The van der Waals surface area contributed by atoms with Crippen LogP contribution in [0.15, 0.2) is 23.1 Å². The fourth-order valence-electron chi connectivity index (χ4n) is 2.71. The van der Waals surface area contributed by atoms with Crippen molar-refractivity contribution in [3.63, 3.8) is 0 Å². The fraction of sp³-hybridized carbons (Fsp3) is 0.600. The highest BCUT2D eigenvalue weighted by atomic mass is 32.2. The summed E-state index contributed by atoms with van der Waals surface area (Å²) in [5.41, 5.74) is -0.662. The van der Waals surface area contributed by atoms with E-state index in [0.29, 0.717) is 24.0 Å². The Kier molecular flexibility index (Phi) is 5.70. The van der Waals surface area contributed by atoms with E-state index >= 15 is 0 Å². The molecule has 1 heterocycles. The number of aryl methyl sites for hydroxylation is 1. The molecule has 1 saturated heterocycles. The van der Waals surface area contributed by atoms with Gasteiger partial charge in [0.25, 0.3) is 0 Å². The van der Waals surface area contributed by atoms with Crippen molar-refractivity contribution < 1.29 is 21.6 Å². The van der Waals surface area contributed by atoms with Crippen LogP contribution in [0.1, 0.15) is 30.4 Å². The zero-order valence-corrected chi connectivity index (χ0v) is 13.7. The molecule has 0 amide bonds. The molecule has 4 nitrogen and oxygen atoms in total. The van der Waals surface area contributed by atoms with Crippen LogP contribution < -0.4 is 10.0 Å². The van der Waals surface area contributed by atoms with Crippen LogP contribution in [-0.2, 0) is 16.2 Å². The molecule has 0 radical (unpaired) electrons. The highest BCUT2D eigenvalue weighted by molar-refractivity contribution is 7.89. The molecule has 1 aliphatic heterocycles. The molecule has 130 valence electrons. The van der Waals surface area contributed by atoms with Gasteiger partial charge in [0.05, 0.1) is 10.5 Å². The Morgan fingerprint density at radius 3 is 2.70 bits per heavy atom. The minimum atomic E-state index is -4.56. The average molecular weight is 350 g/mol. The number of hydrogen-bond acceptors (Lipinski definition) is 3. The maximum absolute atomic E-state index is 12.8. The Labute approximate surface area is 134 Å². The first-order chi connectivity index (χ1) is 10.7. The molecule has 0 spiro atoms. The molecule has 2 rings (SSSR count). The van der Waals surface area contributed by atoms with Gasteiger partial charge < -0.3 is 5.32 Å². The minimum absolute atomic E-state index is 0.227. The van der Waals surface area contributed by atoms with Gasteiger partial charge >= 0.3 is 6.18 Å². The molecule has 2 N–H and O–H groups in total. The molecule has 1 unspecified atom stereocenters. The molecule has 1 aromatic rings. The van der Waals surface area contributed by atoms with Crippen LogP contribution in [-0.4, -0.2) is 28.1 Å². The number of benzene rings is 1. The third-order valence-electron chi connectivity index (χ3n) is 4.05. The lowest BCUT2D eigenvalue weighted by Crippen LogP contribution is -2.33. The molecule has 23 heavy (non-hydrogen) atoms. The molecular formula is C15H21F3N2O2S. The van der Waals surface area contributed by atoms with Crippen molar-refractivity contribution in [3.8, 4) is 0 Å². The van der Waals surface area contributed by atoms with Crippen molar-refractivity contribution in [1.29, 1.82) is 0 Å². The molecule has 8 heteroatoms. The Morgan fingerprint density at radius 2 is 2.09 bits per heavy atom. The Hall–Kier alpha value is -1.12. The first-order valence-electron chi connectivity index (χ1n) is 7.58. The van der Waals surface area contributed by atoms with E-state index in [1.807, 2.05) is 0 Å². The van der Waals surface area contributed by atoms with Gasteiger partial charge in [0.15, 0.2) is 0 Å². The topological polar surface area (TPSA) is 58.2 Å². The zero-order valence-electron chi connectivity index (χ0n) is 12.9. The number of sulfonamides is 1. The van der Waals surface area contributed by atoms with Gasteiger partial charge in [-0.1, -0.05) is 6.07 Å². The highest BCUT2D eigenvalue weighted by Crippen LogP contribution is 2.31. The second-order valence-electron chi connectivity index (χ2n) is 5.88. The summed E-state index contributed by atoms with van der Waals surface area (Å²) in [6.07, 6.45) is -1.79. The van der Waals surface area contributed by atoms with Crippen LogP contribution in [0.4, 0.5) is 13.2 Å². The molecular weight excluding hydrogens is 329 g/mol. The van der Waals surface area contributed by atoms with Gasteiger partial charge in [0.1, 0.15) is 0 Å². The van der Waals surface area contributed by atoms with E-state index in [0.717, 1.165) is 32.0 Å². The standard InChI is InChI=1S/C15H21F3N2O2S/c1-11-4-5-13(15(16,17)18)9-14(11)23(21,22)20-8-6-12-3-2-7-19-10-12/h4-5,9,12,19-20H,2-3,6-8,10H2,1H3. The van der Waals surface area contributed by atoms with Crippen LogP contribution in [0.2, 0.25) is 0 Å². The summed E-state index contributed by atoms with van der Waals surface area (Å²) >= 11 is 0. The third-order valence-corrected chi connectivity index (χ3v) is 5.65. The van der Waals surface area contributed by atoms with E-state index in [4.69, 9.17) is 0 Å². The number of alkyl halides is 3. The lowest BCUT2D eigenvalue weighted by Gasteiger charge is -2.22. The van der Waals surface area contributed by atoms with Crippen LogP contribution in [0, 0.1) is 12.8 Å². The van der Waals surface area contributed by atoms with Gasteiger partial charge in [0.2, 0.25) is 10.0 Å². The summed E-state index contributed by atoms with van der Waals surface area (Å²) in [5, 5.41) is 3.25. The number of hydrogen-bond donors (Lipinski definition) is 2. The van der Waals surface area contributed by atoms with Gasteiger partial charge in [-0.05, 0) is 62.9 Å². The second kappa shape index (κ2) is 7.19. The molecule has 0 saturated carbocycles. The summed E-state index contributed by atoms with van der Waals surface area (Å²) in [6.45, 7) is 3.54. The predicted octanol–water partition coefficient (Wildman–Crippen LogP) is 2.68. The summed E-state index contributed by atoms with van der Waals surface area (Å²) in [4.78, 5) is -0.311. The smallest absolute Gasteiger partial charge is 0.316 e. The molecule has 0 aliphatic carbocycles. The lowest BCUT2D eigenvalue weighted by molar-refractivity contribution is -0.137. The molecule has 0 bridgehead atoms. The van der Waals surface area contributed by atoms with E-state index in [-0.39, 0.29) is 11.4 Å². The molecule has 0 aromatic heterocycles. The fourth-order valence-corrected chi connectivity index (χ4v) is 4.03. The van der Waals surface area contributed by atoms with Gasteiger partial charge in [-0.3, -0.25) is 0 Å². The summed E-state index contributed by atoms with van der Waals surface area (Å²) in [5.74, 6) is 0.397. The zero-order chi connectivity index (χ0) is 17.1. The highest BCUT2D eigenvalue weighted by Gasteiger charge is 2.32. The van der Waals surface area contributed by atoms with E-state index in [2.05, 4.69) is 10.0 Å². The van der Waals surface area contributed by atoms with Crippen molar-refractivity contribution in [2.45, 2.75) is 37.3 Å². The molecule has 1 fully saturated rings. The van der Waals surface area contributed by atoms with Crippen molar-refractivity contribution in [1.82, 2.24) is 10.0 Å². The first kappa shape index (κ1) is 18.2. The van der Waals surface area contributed by atoms with Crippen LogP contribution in [0.5, 0.6) is 0 Å². The molecule has 1 atom stereocenters. The maximum Gasteiger partial charge on any atom is 0.416 e. The molecule has 1 aromatic carbocycles.